The molecule has 2 N–H and O–H groups in total. The molecule has 21 heavy (non-hydrogen) atoms. The molecule has 4 heteroatoms. The molecule has 1 aliphatic carbocycles. The Morgan fingerprint density at radius 1 is 1.29 bits per heavy atom. The maximum absolute atomic E-state index is 11.5. The molecule has 2 atom stereocenters. The van der Waals surface area contributed by atoms with Gasteiger partial charge in [-0.15, -0.1) is 0 Å². The summed E-state index contributed by atoms with van der Waals surface area (Å²) in [4.78, 5) is 13.9. The number of unbranched alkanes of at least 4 members (excludes halogenated alkanes) is 1. The first kappa shape index (κ1) is 18.4. The molecule has 0 aromatic carbocycles. The average molecular weight is 298 g/mol. The summed E-state index contributed by atoms with van der Waals surface area (Å²) in [7, 11) is 2.16. The lowest BCUT2D eigenvalue weighted by atomic mass is 9.87. The zero-order valence-corrected chi connectivity index (χ0v) is 14.7. The van der Waals surface area contributed by atoms with Crippen molar-refractivity contribution in [2.24, 2.45) is 5.41 Å². The number of aliphatic carboxylic acids is 1. The standard InChI is InChI=1S/C17H34N2O2/c1-13(16(2,3)4)19(6)12-8-7-11-17(5,15(20)21)18-14-9-10-14/h13-14,18H,7-12H2,1-6H3,(H,20,21). The topological polar surface area (TPSA) is 52.6 Å². The normalized spacial score (nSPS) is 20.3. The van der Waals surface area contributed by atoms with Crippen molar-refractivity contribution in [2.45, 2.75) is 84.3 Å². The molecule has 1 fully saturated rings. The van der Waals surface area contributed by atoms with E-state index >= 15 is 0 Å². The van der Waals surface area contributed by atoms with E-state index in [-0.39, 0.29) is 5.41 Å². The number of nitrogens with zero attached hydrogens (tertiary/aromatic N) is 1. The largest absolute Gasteiger partial charge is 0.480 e. The molecule has 2 unspecified atom stereocenters. The minimum absolute atomic E-state index is 0.276. The Bertz CT molecular complexity index is 347. The molecule has 0 radical (unpaired) electrons. The van der Waals surface area contributed by atoms with Crippen LogP contribution in [0.4, 0.5) is 0 Å². The van der Waals surface area contributed by atoms with Gasteiger partial charge in [0.1, 0.15) is 5.54 Å². The molecule has 0 saturated heterocycles. The summed E-state index contributed by atoms with van der Waals surface area (Å²) in [5.41, 5.74) is -0.479. The number of rotatable bonds is 9. The van der Waals surface area contributed by atoms with Gasteiger partial charge in [0.2, 0.25) is 0 Å². The molecule has 0 spiro atoms. The zero-order valence-electron chi connectivity index (χ0n) is 14.7. The van der Waals surface area contributed by atoms with Crippen molar-refractivity contribution >= 4 is 5.97 Å². The second kappa shape index (κ2) is 7.10. The Labute approximate surface area is 130 Å². The Morgan fingerprint density at radius 2 is 1.86 bits per heavy atom. The van der Waals surface area contributed by atoms with Crippen LogP contribution < -0.4 is 5.32 Å². The maximum atomic E-state index is 11.5. The van der Waals surface area contributed by atoms with Gasteiger partial charge >= 0.3 is 5.97 Å². The van der Waals surface area contributed by atoms with E-state index < -0.39 is 11.5 Å². The number of carbonyl (C=O) groups is 1. The molecule has 0 amide bonds. The van der Waals surface area contributed by atoms with E-state index in [1.807, 2.05) is 6.92 Å². The molecule has 0 aromatic rings. The smallest absolute Gasteiger partial charge is 0.323 e. The van der Waals surface area contributed by atoms with Crippen LogP contribution in [0.5, 0.6) is 0 Å². The summed E-state index contributed by atoms with van der Waals surface area (Å²) in [5.74, 6) is -0.717. The lowest BCUT2D eigenvalue weighted by molar-refractivity contribution is -0.144. The third kappa shape index (κ3) is 5.95. The predicted molar refractivity (Wildman–Crippen MR) is 87.6 cm³/mol. The predicted octanol–water partition coefficient (Wildman–Crippen LogP) is 3.12. The molecule has 124 valence electrons. The van der Waals surface area contributed by atoms with Crippen molar-refractivity contribution in [1.82, 2.24) is 10.2 Å². The van der Waals surface area contributed by atoms with E-state index in [4.69, 9.17) is 0 Å². The summed E-state index contributed by atoms with van der Waals surface area (Å²) < 4.78 is 0. The highest BCUT2D eigenvalue weighted by molar-refractivity contribution is 5.78. The first-order valence-corrected chi connectivity index (χ1v) is 8.27. The van der Waals surface area contributed by atoms with E-state index in [0.717, 1.165) is 32.2 Å². The van der Waals surface area contributed by atoms with E-state index in [2.05, 4.69) is 45.0 Å². The molecular weight excluding hydrogens is 264 g/mol. The molecule has 0 heterocycles. The van der Waals surface area contributed by atoms with E-state index in [0.29, 0.717) is 18.5 Å². The quantitative estimate of drug-likeness (QED) is 0.642. The third-order valence-electron chi connectivity index (χ3n) is 4.92. The fraction of sp³-hybridized carbons (Fsp3) is 0.941. The zero-order chi connectivity index (χ0) is 16.3. The highest BCUT2D eigenvalue weighted by atomic mass is 16.4. The van der Waals surface area contributed by atoms with Gasteiger partial charge in [-0.05, 0) is 65.0 Å². The van der Waals surface area contributed by atoms with Crippen molar-refractivity contribution in [3.63, 3.8) is 0 Å². The van der Waals surface area contributed by atoms with Gasteiger partial charge in [-0.3, -0.25) is 10.1 Å². The van der Waals surface area contributed by atoms with Gasteiger partial charge in [0.05, 0.1) is 0 Å². The minimum Gasteiger partial charge on any atom is -0.480 e. The van der Waals surface area contributed by atoms with Crippen LogP contribution in [0, 0.1) is 5.41 Å². The molecule has 1 saturated carbocycles. The highest BCUT2D eigenvalue weighted by Crippen LogP contribution is 2.26. The first-order chi connectivity index (χ1) is 9.56. The number of hydrogen-bond acceptors (Lipinski definition) is 3. The Kier molecular flexibility index (Phi) is 6.23. The lowest BCUT2D eigenvalue weighted by Gasteiger charge is -2.35. The summed E-state index contributed by atoms with van der Waals surface area (Å²) in [6, 6.07) is 0.947. The number of hydrogen-bond donors (Lipinski definition) is 2. The Hall–Kier alpha value is -0.610. The van der Waals surface area contributed by atoms with Gasteiger partial charge in [-0.1, -0.05) is 20.8 Å². The van der Waals surface area contributed by atoms with Gasteiger partial charge in [0, 0.05) is 12.1 Å². The highest BCUT2D eigenvalue weighted by Gasteiger charge is 2.37. The Balaban J connectivity index is 2.32. The van der Waals surface area contributed by atoms with Crippen LogP contribution in [0.2, 0.25) is 0 Å². The summed E-state index contributed by atoms with van der Waals surface area (Å²) in [5, 5.41) is 12.7. The number of carboxylic acid groups (broad SMARTS) is 1. The van der Waals surface area contributed by atoms with Crippen molar-refractivity contribution < 1.29 is 9.90 Å². The van der Waals surface area contributed by atoms with Gasteiger partial charge in [0.25, 0.3) is 0 Å². The van der Waals surface area contributed by atoms with Crippen LogP contribution >= 0.6 is 0 Å². The van der Waals surface area contributed by atoms with Crippen LogP contribution in [0.25, 0.3) is 0 Å². The maximum Gasteiger partial charge on any atom is 0.323 e. The van der Waals surface area contributed by atoms with Crippen molar-refractivity contribution in [3.8, 4) is 0 Å². The van der Waals surface area contributed by atoms with E-state index in [9.17, 15) is 9.90 Å². The van der Waals surface area contributed by atoms with Crippen LogP contribution in [0.1, 0.15) is 66.7 Å². The van der Waals surface area contributed by atoms with E-state index in [1.54, 1.807) is 0 Å². The lowest BCUT2D eigenvalue weighted by Crippen LogP contribution is -2.50. The number of nitrogens with one attached hydrogen (secondary N) is 1. The fourth-order valence-corrected chi connectivity index (χ4v) is 2.61. The van der Waals surface area contributed by atoms with Crippen LogP contribution in [0.3, 0.4) is 0 Å². The SMILES string of the molecule is CC(N(C)CCCCC(C)(NC1CC1)C(=O)O)C(C)(C)C. The van der Waals surface area contributed by atoms with Gasteiger partial charge in [-0.2, -0.15) is 0 Å². The monoisotopic (exact) mass is 298 g/mol. The van der Waals surface area contributed by atoms with Crippen molar-refractivity contribution in [2.75, 3.05) is 13.6 Å². The molecule has 0 aromatic heterocycles. The average Bonchev–Trinajstić information content (AvgIpc) is 3.15. The Morgan fingerprint density at radius 3 is 2.29 bits per heavy atom. The van der Waals surface area contributed by atoms with Gasteiger partial charge < -0.3 is 10.0 Å². The van der Waals surface area contributed by atoms with Crippen LogP contribution in [-0.4, -0.2) is 47.2 Å². The van der Waals surface area contributed by atoms with Gasteiger partial charge in [0.15, 0.2) is 0 Å². The molecule has 4 nitrogen and oxygen atoms in total. The first-order valence-electron chi connectivity index (χ1n) is 8.27. The van der Waals surface area contributed by atoms with Crippen molar-refractivity contribution in [1.29, 1.82) is 0 Å². The van der Waals surface area contributed by atoms with Crippen molar-refractivity contribution in [3.05, 3.63) is 0 Å². The molecule has 0 bridgehead atoms. The molecule has 1 aliphatic rings. The summed E-state index contributed by atoms with van der Waals surface area (Å²) in [6.07, 6.45) is 4.94. The summed E-state index contributed by atoms with van der Waals surface area (Å²) >= 11 is 0. The van der Waals surface area contributed by atoms with Crippen LogP contribution in [0.15, 0.2) is 0 Å². The fourth-order valence-electron chi connectivity index (χ4n) is 2.61. The minimum atomic E-state index is -0.755. The molecule has 0 aliphatic heterocycles. The molecule has 1 rings (SSSR count). The second-order valence-corrected chi connectivity index (χ2v) is 8.04. The second-order valence-electron chi connectivity index (χ2n) is 8.04. The van der Waals surface area contributed by atoms with E-state index in [1.165, 1.54) is 0 Å². The third-order valence-corrected chi connectivity index (χ3v) is 4.92. The van der Waals surface area contributed by atoms with Gasteiger partial charge in [-0.25, -0.2) is 0 Å². The van der Waals surface area contributed by atoms with Crippen LogP contribution in [-0.2, 0) is 4.79 Å². The summed E-state index contributed by atoms with van der Waals surface area (Å²) in [6.45, 7) is 11.9. The number of carboxylic acids is 1. The molecular formula is C17H34N2O2.